The lowest BCUT2D eigenvalue weighted by molar-refractivity contribution is 0.0699. The highest BCUT2D eigenvalue weighted by Gasteiger charge is 2.11. The molecule has 3 nitrogen and oxygen atoms in total. The Bertz CT molecular complexity index is 839. The number of aromatic carboxylic acids is 1. The first-order valence-electron chi connectivity index (χ1n) is 6.31. The highest BCUT2D eigenvalue weighted by Crippen LogP contribution is 2.25. The van der Waals surface area contributed by atoms with Gasteiger partial charge in [0.1, 0.15) is 0 Å². The van der Waals surface area contributed by atoms with E-state index >= 15 is 0 Å². The van der Waals surface area contributed by atoms with E-state index in [1.54, 1.807) is 18.2 Å². The van der Waals surface area contributed by atoms with Crippen LogP contribution in [-0.2, 0) is 6.54 Å². The highest BCUT2D eigenvalue weighted by atomic mass is 35.5. The number of carbonyl (C=O) groups is 1. The quantitative estimate of drug-likeness (QED) is 0.760. The van der Waals surface area contributed by atoms with Gasteiger partial charge in [0.2, 0.25) is 0 Å². The minimum atomic E-state index is -0.923. The van der Waals surface area contributed by atoms with Crippen LogP contribution in [0.5, 0.6) is 0 Å². The van der Waals surface area contributed by atoms with E-state index in [1.165, 1.54) is 0 Å². The minimum absolute atomic E-state index is 0.306. The van der Waals surface area contributed by atoms with Crippen molar-refractivity contribution in [2.45, 2.75) is 6.54 Å². The Morgan fingerprint density at radius 3 is 2.62 bits per heavy atom. The molecule has 0 bridgehead atoms. The molecule has 0 saturated carbocycles. The fourth-order valence-electron chi connectivity index (χ4n) is 2.38. The predicted octanol–water partition coefficient (Wildman–Crippen LogP) is 4.69. The number of carboxylic acids is 1. The fraction of sp³-hybridized carbons (Fsp3) is 0.0625. The average molecular weight is 320 g/mol. The largest absolute Gasteiger partial charge is 0.478 e. The second kappa shape index (κ2) is 5.43. The summed E-state index contributed by atoms with van der Waals surface area (Å²) >= 11 is 11.9. The van der Waals surface area contributed by atoms with Crippen molar-refractivity contribution >= 4 is 40.1 Å². The van der Waals surface area contributed by atoms with Gasteiger partial charge in [0.15, 0.2) is 0 Å². The zero-order chi connectivity index (χ0) is 15.0. The first-order chi connectivity index (χ1) is 10.1. The summed E-state index contributed by atoms with van der Waals surface area (Å²) in [5.74, 6) is -0.923. The smallest absolute Gasteiger partial charge is 0.336 e. The maximum atomic E-state index is 11.2. The van der Waals surface area contributed by atoms with Gasteiger partial charge in [0, 0.05) is 23.6 Å². The number of carboxylic acid groups (broad SMARTS) is 1. The van der Waals surface area contributed by atoms with E-state index in [1.807, 2.05) is 35.0 Å². The summed E-state index contributed by atoms with van der Waals surface area (Å²) in [5, 5.41) is 11.0. The van der Waals surface area contributed by atoms with Gasteiger partial charge in [-0.15, -0.1) is 0 Å². The predicted molar refractivity (Wildman–Crippen MR) is 84.5 cm³/mol. The number of fused-ring (bicyclic) bond motifs is 1. The van der Waals surface area contributed by atoms with Crippen LogP contribution < -0.4 is 0 Å². The molecule has 0 saturated heterocycles. The maximum Gasteiger partial charge on any atom is 0.336 e. The molecular formula is C16H11Cl2NO2. The van der Waals surface area contributed by atoms with Crippen LogP contribution in [0.25, 0.3) is 10.9 Å². The van der Waals surface area contributed by atoms with Gasteiger partial charge in [-0.25, -0.2) is 4.79 Å². The summed E-state index contributed by atoms with van der Waals surface area (Å²) in [5.41, 5.74) is 2.18. The number of aromatic nitrogens is 1. The normalized spacial score (nSPS) is 11.0. The Morgan fingerprint density at radius 1 is 1.10 bits per heavy atom. The highest BCUT2D eigenvalue weighted by molar-refractivity contribution is 6.42. The van der Waals surface area contributed by atoms with Crippen LogP contribution in [0.3, 0.4) is 0 Å². The molecule has 0 aliphatic heterocycles. The first kappa shape index (κ1) is 14.0. The molecule has 1 N–H and O–H groups in total. The Labute approximate surface area is 131 Å². The van der Waals surface area contributed by atoms with E-state index in [0.717, 1.165) is 16.5 Å². The fourth-order valence-corrected chi connectivity index (χ4v) is 2.70. The summed E-state index contributed by atoms with van der Waals surface area (Å²) in [7, 11) is 0. The lowest BCUT2D eigenvalue weighted by Gasteiger charge is -2.07. The average Bonchev–Trinajstić information content (AvgIpc) is 2.86. The van der Waals surface area contributed by atoms with Crippen molar-refractivity contribution < 1.29 is 9.90 Å². The number of hydrogen-bond acceptors (Lipinski definition) is 1. The zero-order valence-electron chi connectivity index (χ0n) is 10.9. The standard InChI is InChI=1S/C16H11Cl2NO2/c17-13-5-4-10(8-14(13)18)9-19-7-6-11-12(16(20)21)2-1-3-15(11)19/h1-8H,9H2,(H,20,21). The summed E-state index contributed by atoms with van der Waals surface area (Å²) < 4.78 is 1.99. The molecule has 1 aromatic heterocycles. The molecule has 3 rings (SSSR count). The molecule has 0 aliphatic rings. The van der Waals surface area contributed by atoms with Crippen molar-refractivity contribution in [3.63, 3.8) is 0 Å². The molecule has 21 heavy (non-hydrogen) atoms. The zero-order valence-corrected chi connectivity index (χ0v) is 12.4. The number of halogens is 2. The number of benzene rings is 2. The molecule has 5 heteroatoms. The van der Waals surface area contributed by atoms with Gasteiger partial charge in [0.05, 0.1) is 15.6 Å². The second-order valence-electron chi connectivity index (χ2n) is 4.74. The van der Waals surface area contributed by atoms with E-state index in [9.17, 15) is 9.90 Å². The molecule has 2 aromatic carbocycles. The molecule has 0 amide bonds. The molecule has 0 unspecified atom stereocenters. The van der Waals surface area contributed by atoms with E-state index in [0.29, 0.717) is 22.2 Å². The van der Waals surface area contributed by atoms with Crippen LogP contribution >= 0.6 is 23.2 Å². The number of rotatable bonds is 3. The molecule has 106 valence electrons. The van der Waals surface area contributed by atoms with E-state index in [-0.39, 0.29) is 0 Å². The van der Waals surface area contributed by atoms with Gasteiger partial charge in [-0.2, -0.15) is 0 Å². The SMILES string of the molecule is O=C(O)c1cccc2c1ccn2Cc1ccc(Cl)c(Cl)c1. The molecular weight excluding hydrogens is 309 g/mol. The summed E-state index contributed by atoms with van der Waals surface area (Å²) in [6.45, 7) is 0.601. The van der Waals surface area contributed by atoms with Gasteiger partial charge in [-0.3, -0.25) is 0 Å². The molecule has 1 heterocycles. The van der Waals surface area contributed by atoms with Crippen LogP contribution in [0.2, 0.25) is 10.0 Å². The Kier molecular flexibility index (Phi) is 3.62. The third kappa shape index (κ3) is 2.62. The van der Waals surface area contributed by atoms with Crippen molar-refractivity contribution in [3.8, 4) is 0 Å². The van der Waals surface area contributed by atoms with Crippen LogP contribution in [-0.4, -0.2) is 15.6 Å². The molecule has 3 aromatic rings. The van der Waals surface area contributed by atoms with E-state index < -0.39 is 5.97 Å². The maximum absolute atomic E-state index is 11.2. The van der Waals surface area contributed by atoms with Gasteiger partial charge in [0.25, 0.3) is 0 Å². The third-order valence-electron chi connectivity index (χ3n) is 3.38. The van der Waals surface area contributed by atoms with Crippen molar-refractivity contribution in [1.82, 2.24) is 4.57 Å². The van der Waals surface area contributed by atoms with Crippen molar-refractivity contribution in [2.75, 3.05) is 0 Å². The first-order valence-corrected chi connectivity index (χ1v) is 7.07. The lowest BCUT2D eigenvalue weighted by Crippen LogP contribution is -2.00. The van der Waals surface area contributed by atoms with Crippen molar-refractivity contribution in [3.05, 3.63) is 69.8 Å². The summed E-state index contributed by atoms with van der Waals surface area (Å²) in [6, 6.07) is 12.5. The summed E-state index contributed by atoms with van der Waals surface area (Å²) in [4.78, 5) is 11.2. The molecule has 0 aliphatic carbocycles. The second-order valence-corrected chi connectivity index (χ2v) is 5.55. The molecule has 0 fully saturated rings. The number of hydrogen-bond donors (Lipinski definition) is 1. The van der Waals surface area contributed by atoms with Crippen molar-refractivity contribution in [1.29, 1.82) is 0 Å². The topological polar surface area (TPSA) is 42.2 Å². The Hall–Kier alpha value is -1.97. The molecule has 0 radical (unpaired) electrons. The lowest BCUT2D eigenvalue weighted by atomic mass is 10.1. The monoisotopic (exact) mass is 319 g/mol. The Balaban J connectivity index is 2.03. The number of nitrogens with zero attached hydrogens (tertiary/aromatic N) is 1. The third-order valence-corrected chi connectivity index (χ3v) is 4.12. The van der Waals surface area contributed by atoms with Crippen LogP contribution in [0, 0.1) is 0 Å². The minimum Gasteiger partial charge on any atom is -0.478 e. The van der Waals surface area contributed by atoms with Crippen LogP contribution in [0.15, 0.2) is 48.7 Å². The van der Waals surface area contributed by atoms with E-state index in [4.69, 9.17) is 23.2 Å². The van der Waals surface area contributed by atoms with Crippen molar-refractivity contribution in [2.24, 2.45) is 0 Å². The van der Waals surface area contributed by atoms with Crippen LogP contribution in [0.4, 0.5) is 0 Å². The van der Waals surface area contributed by atoms with E-state index in [2.05, 4.69) is 0 Å². The Morgan fingerprint density at radius 2 is 1.90 bits per heavy atom. The molecule has 0 spiro atoms. The van der Waals surface area contributed by atoms with Gasteiger partial charge in [-0.05, 0) is 35.9 Å². The van der Waals surface area contributed by atoms with Gasteiger partial charge < -0.3 is 9.67 Å². The van der Waals surface area contributed by atoms with Crippen LogP contribution in [0.1, 0.15) is 15.9 Å². The summed E-state index contributed by atoms with van der Waals surface area (Å²) in [6.07, 6.45) is 1.87. The molecule has 0 atom stereocenters. The van der Waals surface area contributed by atoms with Gasteiger partial charge >= 0.3 is 5.97 Å². The van der Waals surface area contributed by atoms with Gasteiger partial charge in [-0.1, -0.05) is 35.3 Å².